The second-order valence-corrected chi connectivity index (χ2v) is 10.8. The smallest absolute Gasteiger partial charge is 0.136 e. The largest absolute Gasteiger partial charge is 0.399 e. The number of hydrogen-bond donors (Lipinski definition) is 1. The molecule has 36 heavy (non-hydrogen) atoms. The van der Waals surface area contributed by atoms with E-state index in [4.69, 9.17) is 10.5 Å². The zero-order valence-electron chi connectivity index (χ0n) is 22.0. The molecule has 0 amide bonds. The molecule has 5 rings (SSSR count). The normalized spacial score (nSPS) is 19.3. The van der Waals surface area contributed by atoms with Crippen LogP contribution < -0.4 is 5.73 Å². The molecule has 1 fully saturated rings. The van der Waals surface area contributed by atoms with E-state index in [1.165, 1.54) is 26.9 Å². The highest BCUT2D eigenvalue weighted by molar-refractivity contribution is 7.19. The van der Waals surface area contributed by atoms with Gasteiger partial charge in [0.05, 0.1) is 28.3 Å². The number of hydrogen-bond acceptors (Lipinski definition) is 7. The van der Waals surface area contributed by atoms with E-state index in [2.05, 4.69) is 66.0 Å². The lowest BCUT2D eigenvalue weighted by atomic mass is 9.99. The number of thiophene rings is 1. The third-order valence-corrected chi connectivity index (χ3v) is 8.32. The molecular formula is C28H38FN5OS. The van der Waals surface area contributed by atoms with Gasteiger partial charge in [0.2, 0.25) is 0 Å². The van der Waals surface area contributed by atoms with Crippen LogP contribution in [-0.4, -0.2) is 66.6 Å². The predicted molar refractivity (Wildman–Crippen MR) is 147 cm³/mol. The van der Waals surface area contributed by atoms with Gasteiger partial charge in [-0.2, -0.15) is 0 Å². The number of fused-ring (bicyclic) bond motifs is 1. The Morgan fingerprint density at radius 1 is 1.19 bits per heavy atom. The van der Waals surface area contributed by atoms with Gasteiger partial charge in [0.25, 0.3) is 0 Å². The minimum absolute atomic E-state index is 0.241. The summed E-state index contributed by atoms with van der Waals surface area (Å²) in [5.41, 5.74) is 10.3. The molecule has 8 heteroatoms. The number of likely N-dealkylation sites (N-methyl/N-ethyl adjacent to an activating group) is 1. The highest BCUT2D eigenvalue weighted by Crippen LogP contribution is 2.40. The first-order valence-electron chi connectivity index (χ1n) is 12.6. The van der Waals surface area contributed by atoms with Crippen LogP contribution in [0, 0.1) is 12.7 Å². The highest BCUT2D eigenvalue weighted by atomic mass is 32.1. The first-order chi connectivity index (χ1) is 17.3. The Hall–Kier alpha value is -2.68. The van der Waals surface area contributed by atoms with Crippen molar-refractivity contribution in [2.24, 2.45) is 0 Å². The number of aryl methyl sites for hydroxylation is 1. The van der Waals surface area contributed by atoms with Crippen LogP contribution in [-0.2, 0) is 4.74 Å². The van der Waals surface area contributed by atoms with Crippen LogP contribution in [0.4, 0.5) is 10.1 Å². The van der Waals surface area contributed by atoms with E-state index in [9.17, 15) is 4.39 Å². The van der Waals surface area contributed by atoms with Crippen molar-refractivity contribution in [2.75, 3.05) is 52.7 Å². The predicted octanol–water partition coefficient (Wildman–Crippen LogP) is 5.58. The number of ether oxygens (including phenoxy) is 1. The molecule has 0 aliphatic carbocycles. The molecule has 0 bridgehead atoms. The molecule has 2 N–H and O–H groups in total. The van der Waals surface area contributed by atoms with Crippen molar-refractivity contribution in [3.63, 3.8) is 0 Å². The molecule has 4 heterocycles. The first kappa shape index (κ1) is 26.4. The lowest BCUT2D eigenvalue weighted by molar-refractivity contribution is 0.0389. The van der Waals surface area contributed by atoms with Gasteiger partial charge in [-0.05, 0) is 54.7 Å². The van der Waals surface area contributed by atoms with Crippen molar-refractivity contribution in [1.29, 1.82) is 0 Å². The first-order valence-corrected chi connectivity index (χ1v) is 13.5. The molecule has 0 radical (unpaired) electrons. The number of nitrogens with zero attached hydrogens (tertiary/aromatic N) is 4. The third kappa shape index (κ3) is 5.82. The van der Waals surface area contributed by atoms with Crippen molar-refractivity contribution in [3.8, 4) is 0 Å². The van der Waals surface area contributed by atoms with Gasteiger partial charge in [-0.25, -0.2) is 4.39 Å². The van der Waals surface area contributed by atoms with Crippen molar-refractivity contribution >= 4 is 27.2 Å². The van der Waals surface area contributed by atoms with Crippen LogP contribution >= 0.6 is 11.3 Å². The monoisotopic (exact) mass is 511 g/mol. The number of aromatic nitrogens is 1. The molecule has 194 valence electrons. The summed E-state index contributed by atoms with van der Waals surface area (Å²) in [6.07, 6.45) is 5.67. The second-order valence-electron chi connectivity index (χ2n) is 9.74. The number of nitrogen functional groups attached to an aromatic ring is 1. The van der Waals surface area contributed by atoms with Crippen LogP contribution in [0.1, 0.15) is 48.4 Å². The fraction of sp³-hybridized carbons (Fsp3) is 0.464. The Morgan fingerprint density at radius 3 is 2.61 bits per heavy atom. The minimum atomic E-state index is -0.241. The van der Waals surface area contributed by atoms with E-state index >= 15 is 0 Å². The van der Waals surface area contributed by atoms with E-state index in [0.717, 1.165) is 44.8 Å². The number of nitrogens with two attached hydrogens (primary N) is 1. The van der Waals surface area contributed by atoms with Crippen molar-refractivity contribution in [3.05, 3.63) is 70.2 Å². The average Bonchev–Trinajstić information content (AvgIpc) is 3.41. The lowest BCUT2D eigenvalue weighted by Crippen LogP contribution is -2.39. The van der Waals surface area contributed by atoms with E-state index in [-0.39, 0.29) is 12.0 Å². The molecule has 2 unspecified atom stereocenters. The maximum atomic E-state index is 12.5. The number of halogens is 1. The fourth-order valence-electron chi connectivity index (χ4n) is 4.68. The Balaban J connectivity index is 0.000000286. The van der Waals surface area contributed by atoms with Gasteiger partial charge >= 0.3 is 0 Å². The molecular weight excluding hydrogens is 473 g/mol. The molecule has 2 atom stereocenters. The molecule has 0 saturated carbocycles. The Kier molecular flexibility index (Phi) is 8.49. The second kappa shape index (κ2) is 11.6. The maximum Gasteiger partial charge on any atom is 0.136 e. The summed E-state index contributed by atoms with van der Waals surface area (Å²) >= 11 is 1.91. The Bertz CT molecular complexity index is 1210. The summed E-state index contributed by atoms with van der Waals surface area (Å²) in [4.78, 5) is 13.3. The Labute approximate surface area is 218 Å². The molecule has 3 aromatic rings. The van der Waals surface area contributed by atoms with Crippen LogP contribution in [0.2, 0.25) is 0 Å². The summed E-state index contributed by atoms with van der Waals surface area (Å²) in [6.45, 7) is 11.0. The average molecular weight is 512 g/mol. The van der Waals surface area contributed by atoms with Gasteiger partial charge in [0.15, 0.2) is 0 Å². The summed E-state index contributed by atoms with van der Waals surface area (Å²) in [5.74, 6) is 0.325. The van der Waals surface area contributed by atoms with Crippen LogP contribution in [0.15, 0.2) is 48.4 Å². The highest BCUT2D eigenvalue weighted by Gasteiger charge is 2.31. The molecule has 2 aliphatic heterocycles. The fourth-order valence-corrected chi connectivity index (χ4v) is 6.12. The van der Waals surface area contributed by atoms with E-state index in [1.807, 2.05) is 17.5 Å². The summed E-state index contributed by atoms with van der Waals surface area (Å²) in [5, 5.41) is 0. The van der Waals surface area contributed by atoms with Gasteiger partial charge in [0, 0.05) is 57.5 Å². The molecule has 2 aliphatic rings. The minimum Gasteiger partial charge on any atom is -0.399 e. The topological polar surface area (TPSA) is 57.9 Å². The van der Waals surface area contributed by atoms with Crippen LogP contribution in [0.5, 0.6) is 0 Å². The molecule has 0 spiro atoms. The van der Waals surface area contributed by atoms with E-state index < -0.39 is 0 Å². The molecule has 6 nitrogen and oxygen atoms in total. The Morgan fingerprint density at radius 2 is 1.94 bits per heavy atom. The number of pyridine rings is 1. The van der Waals surface area contributed by atoms with Crippen molar-refractivity contribution < 1.29 is 9.13 Å². The molecule has 1 saturated heterocycles. The van der Waals surface area contributed by atoms with Gasteiger partial charge in [-0.1, -0.05) is 19.9 Å². The van der Waals surface area contributed by atoms with Crippen molar-refractivity contribution in [2.45, 2.75) is 39.3 Å². The number of benzene rings is 1. The third-order valence-electron chi connectivity index (χ3n) is 7.10. The summed E-state index contributed by atoms with van der Waals surface area (Å²) in [7, 11) is 4.40. The van der Waals surface area contributed by atoms with Crippen LogP contribution in [0.25, 0.3) is 10.2 Å². The van der Waals surface area contributed by atoms with Gasteiger partial charge in [-0.3, -0.25) is 9.88 Å². The number of rotatable bonds is 5. The van der Waals surface area contributed by atoms with Gasteiger partial charge < -0.3 is 20.3 Å². The van der Waals surface area contributed by atoms with Gasteiger partial charge in [0.1, 0.15) is 12.0 Å². The molecule has 1 aromatic carbocycles. The van der Waals surface area contributed by atoms with E-state index in [1.54, 1.807) is 19.1 Å². The number of morpholine rings is 1. The van der Waals surface area contributed by atoms with E-state index in [0.29, 0.717) is 17.2 Å². The number of anilines is 1. The summed E-state index contributed by atoms with van der Waals surface area (Å²) in [6, 6.07) is 9.13. The maximum absolute atomic E-state index is 12.5. The standard InChI is InChI=1S/C21H30N4OS.C7H8FN/c1-5-15(2)17-6-7-22-18-12-19(27-20(17)18)21-23(3)13-16(24(21)4)14-25-8-10-26-11-9-25;1-5-2-3-6(9)4-7(5)8/h6-7,12-13,15,21H,5,8-11,14H2,1-4H3;2-4H,9H2,1H3. The zero-order chi connectivity index (χ0) is 25.8. The van der Waals surface area contributed by atoms with Crippen LogP contribution in [0.3, 0.4) is 0 Å². The SMILES string of the molecule is CCC(C)c1ccnc2cc(C3N(C)C=C(CN4CCOCC4)N3C)sc12.Cc1ccc(N)cc1F. The summed E-state index contributed by atoms with van der Waals surface area (Å²) < 4.78 is 19.3. The lowest BCUT2D eigenvalue weighted by Gasteiger charge is -2.31. The van der Waals surface area contributed by atoms with Gasteiger partial charge in [-0.15, -0.1) is 11.3 Å². The zero-order valence-corrected chi connectivity index (χ0v) is 22.8. The quantitative estimate of drug-likeness (QED) is 0.452. The van der Waals surface area contributed by atoms with Crippen molar-refractivity contribution in [1.82, 2.24) is 19.7 Å². The molecule has 2 aromatic heterocycles.